The number of carbonyl (C=O) groups is 1. The van der Waals surface area contributed by atoms with Crippen molar-refractivity contribution < 1.29 is 13.7 Å². The van der Waals surface area contributed by atoms with Gasteiger partial charge in [-0.2, -0.15) is 0 Å². The molecule has 0 spiro atoms. The Morgan fingerprint density at radius 1 is 1.21 bits per heavy atom. The molecule has 0 fully saturated rings. The van der Waals surface area contributed by atoms with Gasteiger partial charge in [-0.05, 0) is 26.8 Å². The van der Waals surface area contributed by atoms with Gasteiger partial charge in [-0.25, -0.2) is 4.98 Å². The first-order valence-electron chi connectivity index (χ1n) is 9.16. The molecule has 0 atom stereocenters. The Labute approximate surface area is 176 Å². The van der Waals surface area contributed by atoms with Crippen LogP contribution in [-0.2, 0) is 12.3 Å². The van der Waals surface area contributed by atoms with E-state index < -0.39 is 0 Å². The van der Waals surface area contributed by atoms with Gasteiger partial charge in [0.25, 0.3) is 5.91 Å². The Hall–Kier alpha value is -2.58. The number of thioether (sulfide) groups is 1. The molecule has 8 heteroatoms. The monoisotopic (exact) mass is 427 g/mol. The van der Waals surface area contributed by atoms with E-state index in [1.807, 2.05) is 50.4 Å². The van der Waals surface area contributed by atoms with Crippen molar-refractivity contribution in [2.75, 3.05) is 7.05 Å². The first kappa shape index (κ1) is 19.7. The smallest absolute Gasteiger partial charge is 0.289 e. The molecule has 4 rings (SSSR count). The Morgan fingerprint density at radius 3 is 2.69 bits per heavy atom. The van der Waals surface area contributed by atoms with Crippen LogP contribution in [0.25, 0.3) is 11.0 Å². The number of carbonyl (C=O) groups excluding carboxylic acids is 1. The van der Waals surface area contributed by atoms with Crippen LogP contribution in [0.3, 0.4) is 0 Å². The summed E-state index contributed by atoms with van der Waals surface area (Å²) in [6.07, 6.45) is 0. The molecule has 0 radical (unpaired) electrons. The van der Waals surface area contributed by atoms with Gasteiger partial charge in [0.15, 0.2) is 5.76 Å². The van der Waals surface area contributed by atoms with Crippen LogP contribution in [0.5, 0.6) is 0 Å². The number of hydrogen-bond donors (Lipinski definition) is 0. The first-order valence-corrected chi connectivity index (χ1v) is 11.0. The summed E-state index contributed by atoms with van der Waals surface area (Å²) in [4.78, 5) is 19.4. The maximum atomic E-state index is 13.3. The molecule has 4 aromatic rings. The van der Waals surface area contributed by atoms with Gasteiger partial charge in [-0.3, -0.25) is 4.79 Å². The topological polar surface area (TPSA) is 72.4 Å². The molecule has 1 aromatic carbocycles. The number of para-hydroxylation sites is 1. The summed E-state index contributed by atoms with van der Waals surface area (Å²) in [5.74, 6) is 1.56. The van der Waals surface area contributed by atoms with Crippen LogP contribution in [0.1, 0.15) is 38.8 Å². The number of aryl methyl sites for hydroxylation is 3. The predicted molar refractivity (Wildman–Crippen MR) is 114 cm³/mol. The van der Waals surface area contributed by atoms with Crippen LogP contribution in [0, 0.1) is 20.8 Å². The van der Waals surface area contributed by atoms with Crippen LogP contribution >= 0.6 is 23.1 Å². The molecule has 0 N–H and O–H groups in total. The molecule has 3 heterocycles. The highest BCUT2D eigenvalue weighted by Gasteiger charge is 2.25. The Balaban J connectivity index is 1.64. The van der Waals surface area contributed by atoms with Gasteiger partial charge in [-0.15, -0.1) is 11.3 Å². The molecule has 29 heavy (non-hydrogen) atoms. The van der Waals surface area contributed by atoms with E-state index in [1.54, 1.807) is 35.0 Å². The Morgan fingerprint density at radius 2 is 2.00 bits per heavy atom. The number of hydrogen-bond acceptors (Lipinski definition) is 7. The van der Waals surface area contributed by atoms with Crippen molar-refractivity contribution in [3.05, 3.63) is 63.7 Å². The van der Waals surface area contributed by atoms with Crippen LogP contribution in [0.2, 0.25) is 0 Å². The maximum Gasteiger partial charge on any atom is 0.289 e. The van der Waals surface area contributed by atoms with Crippen molar-refractivity contribution in [1.29, 1.82) is 0 Å². The van der Waals surface area contributed by atoms with E-state index in [4.69, 9.17) is 8.94 Å². The summed E-state index contributed by atoms with van der Waals surface area (Å²) in [6, 6.07) is 7.76. The second-order valence-electron chi connectivity index (χ2n) is 6.91. The molecule has 0 aliphatic heterocycles. The number of amides is 1. The van der Waals surface area contributed by atoms with Crippen molar-refractivity contribution in [1.82, 2.24) is 15.0 Å². The first-order chi connectivity index (χ1) is 13.9. The molecule has 0 saturated heterocycles. The minimum atomic E-state index is -0.160. The highest BCUT2D eigenvalue weighted by atomic mass is 32.2. The quantitative estimate of drug-likeness (QED) is 0.385. The minimum absolute atomic E-state index is 0.160. The largest absolute Gasteiger partial charge is 0.451 e. The minimum Gasteiger partial charge on any atom is -0.451 e. The summed E-state index contributed by atoms with van der Waals surface area (Å²) in [5.41, 5.74) is 4.33. The van der Waals surface area contributed by atoms with Crippen LogP contribution in [-0.4, -0.2) is 28.0 Å². The lowest BCUT2D eigenvalue weighted by atomic mass is 10.1. The van der Waals surface area contributed by atoms with E-state index in [9.17, 15) is 4.79 Å². The Bertz CT molecular complexity index is 1160. The SMILES string of the molecule is Cc1csc(SCc2c(C(=O)N(C)Cc3c(C)noc3C)oc3ccccc23)n1. The fraction of sp³-hybridized carbons (Fsp3) is 0.286. The Kier molecular flexibility index (Phi) is 5.47. The van der Waals surface area contributed by atoms with Crippen LogP contribution in [0.4, 0.5) is 0 Å². The van der Waals surface area contributed by atoms with Crippen LogP contribution in [0.15, 0.2) is 42.9 Å². The van der Waals surface area contributed by atoms with Crippen molar-refractivity contribution in [2.45, 2.75) is 37.4 Å². The van der Waals surface area contributed by atoms with Gasteiger partial charge in [0.05, 0.1) is 12.2 Å². The van der Waals surface area contributed by atoms with E-state index >= 15 is 0 Å². The molecular weight excluding hydrogens is 406 g/mol. The second-order valence-corrected chi connectivity index (χ2v) is 8.99. The van der Waals surface area contributed by atoms with Gasteiger partial charge < -0.3 is 13.8 Å². The van der Waals surface area contributed by atoms with Gasteiger partial charge in [-0.1, -0.05) is 35.1 Å². The molecule has 0 saturated carbocycles. The second kappa shape index (κ2) is 8.04. The van der Waals surface area contributed by atoms with Gasteiger partial charge >= 0.3 is 0 Å². The average molecular weight is 428 g/mol. The highest BCUT2D eigenvalue weighted by molar-refractivity contribution is 8.00. The normalized spacial score (nSPS) is 11.3. The van der Waals surface area contributed by atoms with Crippen LogP contribution < -0.4 is 0 Å². The van der Waals surface area contributed by atoms with E-state index in [1.165, 1.54) is 0 Å². The van der Waals surface area contributed by atoms with Crippen molar-refractivity contribution in [2.24, 2.45) is 0 Å². The maximum absolute atomic E-state index is 13.3. The summed E-state index contributed by atoms with van der Waals surface area (Å²) < 4.78 is 12.2. The zero-order chi connectivity index (χ0) is 20.5. The zero-order valence-corrected chi connectivity index (χ0v) is 18.3. The molecule has 0 aliphatic carbocycles. The zero-order valence-electron chi connectivity index (χ0n) is 16.7. The molecule has 0 bridgehead atoms. The lowest BCUT2D eigenvalue weighted by Gasteiger charge is -2.16. The predicted octanol–water partition coefficient (Wildman–Crippen LogP) is 5.37. The fourth-order valence-corrected chi connectivity index (χ4v) is 5.03. The number of thiazole rings is 1. The standard InChI is InChI=1S/C21H21N3O3S2/c1-12-10-28-21(22-12)29-11-17-15-7-5-6-8-18(15)26-19(17)20(25)24(4)9-16-13(2)23-27-14(16)3/h5-8,10H,9,11H2,1-4H3. The number of rotatable bonds is 6. The number of fused-ring (bicyclic) bond motifs is 1. The lowest BCUT2D eigenvalue weighted by molar-refractivity contribution is 0.0754. The number of aromatic nitrogens is 2. The van der Waals surface area contributed by atoms with Crippen molar-refractivity contribution in [3.8, 4) is 0 Å². The average Bonchev–Trinajstić information content (AvgIpc) is 3.38. The summed E-state index contributed by atoms with van der Waals surface area (Å²) >= 11 is 3.23. The van der Waals surface area contributed by atoms with Crippen molar-refractivity contribution in [3.63, 3.8) is 0 Å². The lowest BCUT2D eigenvalue weighted by Crippen LogP contribution is -2.27. The van der Waals surface area contributed by atoms with E-state index in [0.29, 0.717) is 23.6 Å². The van der Waals surface area contributed by atoms with Gasteiger partial charge in [0.2, 0.25) is 0 Å². The van der Waals surface area contributed by atoms with Gasteiger partial charge in [0, 0.05) is 40.4 Å². The summed E-state index contributed by atoms with van der Waals surface area (Å²) in [6.45, 7) is 6.12. The number of furan rings is 1. The molecule has 150 valence electrons. The van der Waals surface area contributed by atoms with Gasteiger partial charge in [0.1, 0.15) is 15.7 Å². The molecule has 0 unspecified atom stereocenters. The molecule has 3 aromatic heterocycles. The van der Waals surface area contributed by atoms with E-state index in [2.05, 4.69) is 10.1 Å². The molecule has 0 aliphatic rings. The third-order valence-electron chi connectivity index (χ3n) is 4.75. The molecule has 6 nitrogen and oxygen atoms in total. The van der Waals surface area contributed by atoms with Crippen molar-refractivity contribution >= 4 is 40.0 Å². The van der Waals surface area contributed by atoms with E-state index in [-0.39, 0.29) is 5.91 Å². The van der Waals surface area contributed by atoms with E-state index in [0.717, 1.165) is 38.0 Å². The third kappa shape index (κ3) is 3.95. The fourth-order valence-electron chi connectivity index (χ4n) is 3.16. The third-order valence-corrected chi connectivity index (χ3v) is 6.92. The molecule has 1 amide bonds. The number of benzene rings is 1. The highest BCUT2D eigenvalue weighted by Crippen LogP contribution is 2.34. The molecular formula is C21H21N3O3S2. The number of nitrogens with zero attached hydrogens (tertiary/aromatic N) is 3. The summed E-state index contributed by atoms with van der Waals surface area (Å²) in [7, 11) is 1.77. The summed E-state index contributed by atoms with van der Waals surface area (Å²) in [5, 5.41) is 6.96.